The van der Waals surface area contributed by atoms with Crippen molar-refractivity contribution >= 4 is 6.09 Å². The van der Waals surface area contributed by atoms with E-state index in [9.17, 15) is 9.90 Å². The molecular formula is C17H25NO3. The van der Waals surface area contributed by atoms with Crippen molar-refractivity contribution in [1.29, 1.82) is 0 Å². The van der Waals surface area contributed by atoms with Crippen molar-refractivity contribution in [1.82, 2.24) is 4.90 Å². The minimum absolute atomic E-state index is 0.206. The Bertz CT molecular complexity index is 490. The number of rotatable bonds is 2. The number of amides is 1. The highest BCUT2D eigenvalue weighted by atomic mass is 16.6. The molecule has 0 unspecified atom stereocenters. The van der Waals surface area contributed by atoms with Crippen molar-refractivity contribution in [2.24, 2.45) is 0 Å². The van der Waals surface area contributed by atoms with Crippen molar-refractivity contribution in [3.05, 3.63) is 35.4 Å². The molecule has 116 valence electrons. The molecule has 0 aromatic heterocycles. The molecule has 0 radical (unpaired) electrons. The fourth-order valence-corrected chi connectivity index (χ4v) is 2.65. The maximum absolute atomic E-state index is 12.3. The van der Waals surface area contributed by atoms with E-state index >= 15 is 0 Å². The molecule has 1 aliphatic rings. The van der Waals surface area contributed by atoms with Gasteiger partial charge in [0.2, 0.25) is 0 Å². The average Bonchev–Trinajstić information content (AvgIpc) is 2.86. The number of likely N-dealkylation sites (tertiary alicyclic amines) is 1. The summed E-state index contributed by atoms with van der Waals surface area (Å²) in [7, 11) is 0. The zero-order valence-corrected chi connectivity index (χ0v) is 13.3. The normalized spacial score (nSPS) is 20.4. The van der Waals surface area contributed by atoms with Crippen LogP contribution in [0.5, 0.6) is 0 Å². The number of carbonyl (C=O) groups is 1. The number of ether oxygens (including phenoxy) is 1. The van der Waals surface area contributed by atoms with Gasteiger partial charge in [-0.3, -0.25) is 0 Å². The molecule has 1 N–H and O–H groups in total. The van der Waals surface area contributed by atoms with Gasteiger partial charge in [-0.15, -0.1) is 0 Å². The summed E-state index contributed by atoms with van der Waals surface area (Å²) in [5.41, 5.74) is 1.49. The van der Waals surface area contributed by atoms with Crippen LogP contribution in [0.25, 0.3) is 0 Å². The van der Waals surface area contributed by atoms with Gasteiger partial charge in [-0.2, -0.15) is 0 Å². The van der Waals surface area contributed by atoms with Crippen LogP contribution in [0, 0.1) is 6.92 Å². The Morgan fingerprint density at radius 1 is 1.33 bits per heavy atom. The van der Waals surface area contributed by atoms with Crippen molar-refractivity contribution in [2.45, 2.75) is 58.3 Å². The number of carbonyl (C=O) groups excluding carboxylic acids is 1. The van der Waals surface area contributed by atoms with Gasteiger partial charge in [-0.25, -0.2) is 4.79 Å². The predicted molar refractivity (Wildman–Crippen MR) is 82.1 cm³/mol. The molecule has 0 bridgehead atoms. The van der Waals surface area contributed by atoms with Crippen LogP contribution in [0.1, 0.15) is 50.8 Å². The Balaban J connectivity index is 2.10. The van der Waals surface area contributed by atoms with Crippen molar-refractivity contribution in [3.63, 3.8) is 0 Å². The van der Waals surface area contributed by atoms with E-state index in [0.717, 1.165) is 24.0 Å². The molecule has 1 aliphatic heterocycles. The van der Waals surface area contributed by atoms with Gasteiger partial charge >= 0.3 is 6.09 Å². The van der Waals surface area contributed by atoms with Crippen LogP contribution in [0.4, 0.5) is 4.79 Å². The van der Waals surface area contributed by atoms with Gasteiger partial charge < -0.3 is 14.7 Å². The molecule has 1 aromatic rings. The number of aryl methyl sites for hydroxylation is 1. The first-order valence-electron chi connectivity index (χ1n) is 7.52. The lowest BCUT2D eigenvalue weighted by Crippen LogP contribution is -2.42. The minimum Gasteiger partial charge on any atom is -0.444 e. The molecular weight excluding hydrogens is 266 g/mol. The second kappa shape index (κ2) is 6.06. The van der Waals surface area contributed by atoms with Crippen LogP contribution in [0.2, 0.25) is 0 Å². The smallest absolute Gasteiger partial charge is 0.410 e. The number of benzene rings is 1. The molecule has 4 heteroatoms. The summed E-state index contributed by atoms with van der Waals surface area (Å²) < 4.78 is 5.43. The Morgan fingerprint density at radius 3 is 2.52 bits per heavy atom. The van der Waals surface area contributed by atoms with Crippen LogP contribution in [0.15, 0.2) is 24.3 Å². The van der Waals surface area contributed by atoms with Crippen molar-refractivity contribution < 1.29 is 14.6 Å². The monoisotopic (exact) mass is 291 g/mol. The summed E-state index contributed by atoms with van der Waals surface area (Å²) >= 11 is 0. The van der Waals surface area contributed by atoms with E-state index in [4.69, 9.17) is 4.74 Å². The van der Waals surface area contributed by atoms with E-state index in [0.29, 0.717) is 6.54 Å². The van der Waals surface area contributed by atoms with E-state index in [-0.39, 0.29) is 12.1 Å². The van der Waals surface area contributed by atoms with Gasteiger partial charge in [0.15, 0.2) is 0 Å². The molecule has 1 amide bonds. The summed E-state index contributed by atoms with van der Waals surface area (Å²) in [6.45, 7) is 8.21. The van der Waals surface area contributed by atoms with Gasteiger partial charge in [0, 0.05) is 6.54 Å². The Kier molecular flexibility index (Phi) is 4.57. The van der Waals surface area contributed by atoms with E-state index in [1.54, 1.807) is 4.90 Å². The summed E-state index contributed by atoms with van der Waals surface area (Å²) in [4.78, 5) is 13.9. The fraction of sp³-hybridized carbons (Fsp3) is 0.588. The Labute approximate surface area is 126 Å². The molecule has 0 spiro atoms. The largest absolute Gasteiger partial charge is 0.444 e. The van der Waals surface area contributed by atoms with Gasteiger partial charge in [-0.05, 0) is 46.1 Å². The quantitative estimate of drug-likeness (QED) is 0.908. The van der Waals surface area contributed by atoms with Crippen LogP contribution < -0.4 is 0 Å². The zero-order valence-electron chi connectivity index (χ0n) is 13.3. The molecule has 21 heavy (non-hydrogen) atoms. The number of aliphatic hydroxyl groups is 1. The molecule has 1 aromatic carbocycles. The van der Waals surface area contributed by atoms with Crippen LogP contribution in [0.3, 0.4) is 0 Å². The van der Waals surface area contributed by atoms with Crippen molar-refractivity contribution in [3.8, 4) is 0 Å². The molecule has 2 rings (SSSR count). The van der Waals surface area contributed by atoms with E-state index in [1.807, 2.05) is 52.0 Å². The third-order valence-electron chi connectivity index (χ3n) is 3.71. The van der Waals surface area contributed by atoms with Crippen LogP contribution in [-0.2, 0) is 4.74 Å². The molecule has 1 fully saturated rings. The second-order valence-electron chi connectivity index (χ2n) is 6.74. The second-order valence-corrected chi connectivity index (χ2v) is 6.74. The van der Waals surface area contributed by atoms with E-state index < -0.39 is 11.7 Å². The van der Waals surface area contributed by atoms with Gasteiger partial charge in [-0.1, -0.05) is 29.8 Å². The lowest BCUT2D eigenvalue weighted by Gasteiger charge is -2.31. The third kappa shape index (κ3) is 3.97. The Morgan fingerprint density at radius 2 is 1.95 bits per heavy atom. The lowest BCUT2D eigenvalue weighted by atomic mass is 9.99. The highest BCUT2D eigenvalue weighted by molar-refractivity contribution is 5.69. The number of nitrogens with zero attached hydrogens (tertiary/aromatic N) is 1. The van der Waals surface area contributed by atoms with Crippen LogP contribution >= 0.6 is 0 Å². The molecule has 1 heterocycles. The standard InChI is InChI=1S/C17H25NO3/c1-12-7-9-13(10-8-12)15(19)14-6-5-11-18(14)16(20)21-17(2,3)4/h7-10,14-15,19H,5-6,11H2,1-4H3/t14-,15+/m0/s1. The van der Waals surface area contributed by atoms with Crippen molar-refractivity contribution in [2.75, 3.05) is 6.54 Å². The lowest BCUT2D eigenvalue weighted by molar-refractivity contribution is 0.00490. The number of hydrogen-bond acceptors (Lipinski definition) is 3. The summed E-state index contributed by atoms with van der Waals surface area (Å²) in [5.74, 6) is 0. The molecule has 4 nitrogen and oxygen atoms in total. The number of hydrogen-bond donors (Lipinski definition) is 1. The molecule has 1 saturated heterocycles. The fourth-order valence-electron chi connectivity index (χ4n) is 2.65. The summed E-state index contributed by atoms with van der Waals surface area (Å²) in [6, 6.07) is 7.59. The minimum atomic E-state index is -0.666. The molecule has 0 aliphatic carbocycles. The molecule has 0 saturated carbocycles. The number of aliphatic hydroxyl groups excluding tert-OH is 1. The Hall–Kier alpha value is -1.55. The third-order valence-corrected chi connectivity index (χ3v) is 3.71. The van der Waals surface area contributed by atoms with Crippen LogP contribution in [-0.4, -0.2) is 34.3 Å². The van der Waals surface area contributed by atoms with E-state index in [2.05, 4.69) is 0 Å². The molecule has 2 atom stereocenters. The first-order valence-corrected chi connectivity index (χ1v) is 7.52. The average molecular weight is 291 g/mol. The first-order chi connectivity index (χ1) is 9.78. The SMILES string of the molecule is Cc1ccc([C@@H](O)[C@@H]2CCCN2C(=O)OC(C)(C)C)cc1. The topological polar surface area (TPSA) is 49.8 Å². The van der Waals surface area contributed by atoms with Gasteiger partial charge in [0.25, 0.3) is 0 Å². The predicted octanol–water partition coefficient (Wildman–Crippen LogP) is 3.43. The highest BCUT2D eigenvalue weighted by Gasteiger charge is 2.36. The maximum atomic E-state index is 12.3. The summed E-state index contributed by atoms with van der Waals surface area (Å²) in [5, 5.41) is 10.6. The van der Waals surface area contributed by atoms with Gasteiger partial charge in [0.05, 0.1) is 12.1 Å². The van der Waals surface area contributed by atoms with E-state index in [1.165, 1.54) is 0 Å². The summed E-state index contributed by atoms with van der Waals surface area (Å²) in [6.07, 6.45) is 0.693. The highest BCUT2D eigenvalue weighted by Crippen LogP contribution is 2.30. The maximum Gasteiger partial charge on any atom is 0.410 e. The zero-order chi connectivity index (χ0) is 15.6. The first kappa shape index (κ1) is 15.8. The van der Waals surface area contributed by atoms with Gasteiger partial charge in [0.1, 0.15) is 5.60 Å².